The summed E-state index contributed by atoms with van der Waals surface area (Å²) >= 11 is 0. The van der Waals surface area contributed by atoms with Crippen LogP contribution < -0.4 is 14.8 Å². The fourth-order valence-corrected chi connectivity index (χ4v) is 5.04. The summed E-state index contributed by atoms with van der Waals surface area (Å²) in [7, 11) is 3.01. The van der Waals surface area contributed by atoms with E-state index in [0.717, 1.165) is 19.4 Å². The van der Waals surface area contributed by atoms with Crippen LogP contribution in [-0.2, 0) is 6.54 Å². The fourth-order valence-electron chi connectivity index (χ4n) is 5.04. The van der Waals surface area contributed by atoms with Crippen LogP contribution in [0.25, 0.3) is 0 Å². The van der Waals surface area contributed by atoms with Gasteiger partial charge in [0.1, 0.15) is 0 Å². The van der Waals surface area contributed by atoms with Crippen LogP contribution in [0.3, 0.4) is 0 Å². The molecule has 2 aromatic carbocycles. The van der Waals surface area contributed by atoms with Gasteiger partial charge < -0.3 is 14.8 Å². The van der Waals surface area contributed by atoms with Gasteiger partial charge in [0.2, 0.25) is 0 Å². The summed E-state index contributed by atoms with van der Waals surface area (Å²) in [6.07, 6.45) is 4.20. The van der Waals surface area contributed by atoms with E-state index in [1.165, 1.54) is 39.5 Å². The molecule has 1 N–H and O–H groups in total. The van der Waals surface area contributed by atoms with Gasteiger partial charge in [-0.1, -0.05) is 30.3 Å². The Labute approximate surface area is 183 Å². The van der Waals surface area contributed by atoms with E-state index in [1.807, 2.05) is 6.07 Å². The highest BCUT2D eigenvalue weighted by atomic mass is 16.5. The molecule has 6 heteroatoms. The third kappa shape index (κ3) is 4.44. The highest BCUT2D eigenvalue weighted by molar-refractivity contribution is 6.02. The second-order valence-corrected chi connectivity index (χ2v) is 8.50. The molecule has 6 nitrogen and oxygen atoms in total. The lowest BCUT2D eigenvalue weighted by Gasteiger charge is -2.39. The molecule has 2 fully saturated rings. The van der Waals surface area contributed by atoms with Crippen LogP contribution in [0.5, 0.6) is 11.5 Å². The van der Waals surface area contributed by atoms with Crippen molar-refractivity contribution in [2.75, 3.05) is 14.2 Å². The van der Waals surface area contributed by atoms with Crippen molar-refractivity contribution >= 4 is 11.7 Å². The number of benzene rings is 2. The number of amides is 1. The molecule has 0 saturated carbocycles. The molecule has 1 unspecified atom stereocenters. The van der Waals surface area contributed by atoms with E-state index >= 15 is 0 Å². The molecule has 2 saturated heterocycles. The Kier molecular flexibility index (Phi) is 6.28. The van der Waals surface area contributed by atoms with Crippen molar-refractivity contribution in [1.82, 2.24) is 10.2 Å². The number of Topliss-reactive ketones (excluding diaryl/α,β-unsaturated/α-hetero) is 1. The molecule has 2 aromatic rings. The lowest BCUT2D eigenvalue weighted by Crippen LogP contribution is -2.50. The average molecular weight is 423 g/mol. The van der Waals surface area contributed by atoms with Gasteiger partial charge in [-0.3, -0.25) is 14.5 Å². The predicted octanol–water partition coefficient (Wildman–Crippen LogP) is 3.83. The number of hydrogen-bond acceptors (Lipinski definition) is 5. The van der Waals surface area contributed by atoms with Gasteiger partial charge in [0, 0.05) is 30.2 Å². The smallest absolute Gasteiger partial charge is 0.255 e. The maximum Gasteiger partial charge on any atom is 0.255 e. The van der Waals surface area contributed by atoms with E-state index in [9.17, 15) is 9.59 Å². The second-order valence-electron chi connectivity index (χ2n) is 8.50. The Hall–Kier alpha value is -2.86. The van der Waals surface area contributed by atoms with Gasteiger partial charge in [-0.25, -0.2) is 0 Å². The van der Waals surface area contributed by atoms with E-state index in [0.29, 0.717) is 34.7 Å². The molecular weight excluding hydrogens is 392 g/mol. The zero-order valence-electron chi connectivity index (χ0n) is 18.4. The quantitative estimate of drug-likeness (QED) is 0.687. The van der Waals surface area contributed by atoms with Gasteiger partial charge in [-0.05, 0) is 50.3 Å². The summed E-state index contributed by atoms with van der Waals surface area (Å²) in [6.45, 7) is 2.44. The predicted molar refractivity (Wildman–Crippen MR) is 119 cm³/mol. The first kappa shape index (κ1) is 21.4. The second kappa shape index (κ2) is 9.10. The molecule has 0 spiro atoms. The molecule has 2 aliphatic heterocycles. The zero-order valence-corrected chi connectivity index (χ0v) is 18.4. The van der Waals surface area contributed by atoms with E-state index in [-0.39, 0.29) is 17.7 Å². The van der Waals surface area contributed by atoms with Crippen LogP contribution in [0.1, 0.15) is 58.9 Å². The standard InChI is InChI=1S/C25H30N2O4/c1-16(28)18-11-22(24(31-3)23(12-18)30-2)25(29)26-19-13-20-9-10-21(14-19)27(20)15-17-7-5-4-6-8-17/h4-8,11-12,19-21H,9-10,13-15H2,1-3H3,(H,26,29)/t19?,20-,21+. The Morgan fingerprint density at radius 1 is 1.03 bits per heavy atom. The number of carbonyl (C=O) groups excluding carboxylic acids is 2. The minimum Gasteiger partial charge on any atom is -0.493 e. The van der Waals surface area contributed by atoms with Crippen molar-refractivity contribution in [2.45, 2.75) is 57.3 Å². The topological polar surface area (TPSA) is 67.9 Å². The maximum atomic E-state index is 13.2. The molecule has 0 aliphatic carbocycles. The van der Waals surface area contributed by atoms with Crippen molar-refractivity contribution in [1.29, 1.82) is 0 Å². The number of rotatable bonds is 7. The van der Waals surface area contributed by atoms with Crippen molar-refractivity contribution in [3.8, 4) is 11.5 Å². The van der Waals surface area contributed by atoms with Crippen LogP contribution in [0, 0.1) is 0 Å². The molecule has 2 bridgehead atoms. The summed E-state index contributed by atoms with van der Waals surface area (Å²) in [6, 6.07) is 14.8. The van der Waals surface area contributed by atoms with Crippen molar-refractivity contribution in [2.24, 2.45) is 0 Å². The molecule has 164 valence electrons. The average Bonchev–Trinajstić information content (AvgIpc) is 3.00. The largest absolute Gasteiger partial charge is 0.493 e. The normalized spacial score (nSPS) is 22.7. The summed E-state index contributed by atoms with van der Waals surface area (Å²) in [5.74, 6) is 0.397. The van der Waals surface area contributed by atoms with E-state index in [1.54, 1.807) is 12.1 Å². The highest BCUT2D eigenvalue weighted by Crippen LogP contribution is 2.38. The zero-order chi connectivity index (χ0) is 22.0. The Morgan fingerprint density at radius 3 is 2.29 bits per heavy atom. The van der Waals surface area contributed by atoms with Crippen molar-refractivity contribution < 1.29 is 19.1 Å². The molecular formula is C25H30N2O4. The number of ether oxygens (including phenoxy) is 2. The lowest BCUT2D eigenvalue weighted by atomic mass is 9.96. The molecule has 1 amide bonds. The minimum atomic E-state index is -0.223. The molecule has 0 aromatic heterocycles. The molecule has 2 aliphatic rings. The van der Waals surface area contributed by atoms with Gasteiger partial charge >= 0.3 is 0 Å². The number of hydrogen-bond donors (Lipinski definition) is 1. The van der Waals surface area contributed by atoms with E-state index < -0.39 is 0 Å². The van der Waals surface area contributed by atoms with Crippen LogP contribution in [0.2, 0.25) is 0 Å². The van der Waals surface area contributed by atoms with Gasteiger partial charge in [0.15, 0.2) is 17.3 Å². The number of methoxy groups -OCH3 is 2. The fraction of sp³-hybridized carbons (Fsp3) is 0.440. The molecule has 2 heterocycles. The summed E-state index contributed by atoms with van der Waals surface area (Å²) < 4.78 is 10.8. The molecule has 31 heavy (non-hydrogen) atoms. The number of nitrogens with one attached hydrogen (secondary N) is 1. The Bertz CT molecular complexity index is 945. The first-order chi connectivity index (χ1) is 15.0. The van der Waals surface area contributed by atoms with E-state index in [4.69, 9.17) is 9.47 Å². The van der Waals surface area contributed by atoms with Crippen LogP contribution in [0.4, 0.5) is 0 Å². The van der Waals surface area contributed by atoms with Crippen molar-refractivity contribution in [3.63, 3.8) is 0 Å². The third-order valence-electron chi connectivity index (χ3n) is 6.56. The van der Waals surface area contributed by atoms with Gasteiger partial charge in [0.05, 0.1) is 19.8 Å². The van der Waals surface area contributed by atoms with Crippen molar-refractivity contribution in [3.05, 3.63) is 59.2 Å². The van der Waals surface area contributed by atoms with Crippen LogP contribution in [0.15, 0.2) is 42.5 Å². The lowest BCUT2D eigenvalue weighted by molar-refractivity contribution is 0.0825. The SMILES string of the molecule is COc1cc(C(C)=O)cc(C(=O)NC2C[C@H]3CC[C@@H](C2)N3Cc2ccccc2)c1OC. The summed E-state index contributed by atoms with van der Waals surface area (Å²) in [5, 5.41) is 3.20. The molecule has 3 atom stereocenters. The number of fused-ring (bicyclic) bond motifs is 2. The maximum absolute atomic E-state index is 13.2. The number of carbonyl (C=O) groups is 2. The first-order valence-corrected chi connectivity index (χ1v) is 10.9. The van der Waals surface area contributed by atoms with Gasteiger partial charge in [0.25, 0.3) is 5.91 Å². The molecule has 4 rings (SSSR count). The van der Waals surface area contributed by atoms with Crippen LogP contribution >= 0.6 is 0 Å². The number of piperidine rings is 1. The van der Waals surface area contributed by atoms with Crippen LogP contribution in [-0.4, -0.2) is 48.9 Å². The summed E-state index contributed by atoms with van der Waals surface area (Å²) in [4.78, 5) is 27.7. The highest BCUT2D eigenvalue weighted by Gasteiger charge is 2.41. The third-order valence-corrected chi connectivity index (χ3v) is 6.56. The number of nitrogens with zero attached hydrogens (tertiary/aromatic N) is 1. The summed E-state index contributed by atoms with van der Waals surface area (Å²) in [5.41, 5.74) is 2.10. The van der Waals surface area contributed by atoms with Gasteiger partial charge in [-0.15, -0.1) is 0 Å². The minimum absolute atomic E-state index is 0.105. The molecule has 0 radical (unpaired) electrons. The van der Waals surface area contributed by atoms with Gasteiger partial charge in [-0.2, -0.15) is 0 Å². The monoisotopic (exact) mass is 422 g/mol. The Balaban J connectivity index is 1.48. The Morgan fingerprint density at radius 2 is 1.71 bits per heavy atom. The van der Waals surface area contributed by atoms with E-state index in [2.05, 4.69) is 34.5 Å². The number of ketones is 1. The first-order valence-electron chi connectivity index (χ1n) is 10.9.